The van der Waals surface area contributed by atoms with Gasteiger partial charge >= 0.3 is 24.3 Å². The van der Waals surface area contributed by atoms with Gasteiger partial charge in [-0.05, 0) is 36.0 Å². The second-order valence-electron chi connectivity index (χ2n) is 8.42. The Hall–Kier alpha value is -4.20. The first-order chi connectivity index (χ1) is 18.8. The molecule has 0 radical (unpaired) electrons. The number of alkyl halides is 6. The largest absolute Gasteiger partial charge is 0.490 e. The highest BCUT2D eigenvalue weighted by molar-refractivity contribution is 5.73. The summed E-state index contributed by atoms with van der Waals surface area (Å²) in [7, 11) is 0. The number of rotatable bonds is 6. The molecule has 2 aromatic carbocycles. The SMILES string of the molecule is O=C(O)C(F)(F)F.O=C(O)C(F)(F)F.c1ccc(CNc2ncc3c(n2)CCC(NCc2ccccc2)C3)cc1. The molecular weight excluding hydrogens is 546 g/mol. The van der Waals surface area contributed by atoms with Crippen molar-refractivity contribution in [1.82, 2.24) is 15.3 Å². The lowest BCUT2D eigenvalue weighted by atomic mass is 9.92. The average molecular weight is 573 g/mol. The lowest BCUT2D eigenvalue weighted by Crippen LogP contribution is -2.34. The van der Waals surface area contributed by atoms with Crippen molar-refractivity contribution >= 4 is 17.9 Å². The van der Waals surface area contributed by atoms with E-state index in [0.29, 0.717) is 6.04 Å². The Morgan fingerprint density at radius 2 is 1.30 bits per heavy atom. The molecule has 1 atom stereocenters. The molecular formula is C26H26F6N4O4. The van der Waals surface area contributed by atoms with Gasteiger partial charge in [-0.3, -0.25) is 0 Å². The zero-order valence-corrected chi connectivity index (χ0v) is 20.8. The van der Waals surface area contributed by atoms with Gasteiger partial charge in [-0.1, -0.05) is 60.7 Å². The molecule has 8 nitrogen and oxygen atoms in total. The average Bonchev–Trinajstić information content (AvgIpc) is 2.91. The van der Waals surface area contributed by atoms with Crippen molar-refractivity contribution in [2.24, 2.45) is 0 Å². The van der Waals surface area contributed by atoms with Crippen LogP contribution in [0.15, 0.2) is 66.9 Å². The molecule has 216 valence electrons. The summed E-state index contributed by atoms with van der Waals surface area (Å²) < 4.78 is 63.5. The highest BCUT2D eigenvalue weighted by Gasteiger charge is 2.38. The van der Waals surface area contributed by atoms with E-state index in [1.165, 1.54) is 22.4 Å². The van der Waals surface area contributed by atoms with Crippen molar-refractivity contribution in [3.8, 4) is 0 Å². The summed E-state index contributed by atoms with van der Waals surface area (Å²) in [5.74, 6) is -4.79. The highest BCUT2D eigenvalue weighted by Crippen LogP contribution is 2.21. The smallest absolute Gasteiger partial charge is 0.475 e. The number of nitrogens with zero attached hydrogens (tertiary/aromatic N) is 2. The minimum absolute atomic E-state index is 0.495. The third-order valence-corrected chi connectivity index (χ3v) is 5.37. The Labute approximate surface area is 225 Å². The van der Waals surface area contributed by atoms with Crippen LogP contribution in [0.1, 0.15) is 28.8 Å². The zero-order valence-electron chi connectivity index (χ0n) is 20.8. The van der Waals surface area contributed by atoms with Crippen LogP contribution in [-0.2, 0) is 35.5 Å². The third-order valence-electron chi connectivity index (χ3n) is 5.37. The van der Waals surface area contributed by atoms with Crippen LogP contribution in [0.3, 0.4) is 0 Å². The first-order valence-electron chi connectivity index (χ1n) is 11.8. The van der Waals surface area contributed by atoms with Crippen LogP contribution in [0.2, 0.25) is 0 Å². The molecule has 40 heavy (non-hydrogen) atoms. The quantitative estimate of drug-likeness (QED) is 0.304. The summed E-state index contributed by atoms with van der Waals surface area (Å²) >= 11 is 0. The van der Waals surface area contributed by atoms with Crippen molar-refractivity contribution in [3.63, 3.8) is 0 Å². The summed E-state index contributed by atoms with van der Waals surface area (Å²) in [5, 5.41) is 21.2. The van der Waals surface area contributed by atoms with Gasteiger partial charge in [-0.15, -0.1) is 0 Å². The van der Waals surface area contributed by atoms with Crippen molar-refractivity contribution in [3.05, 3.63) is 89.2 Å². The molecule has 1 heterocycles. The van der Waals surface area contributed by atoms with Crippen molar-refractivity contribution in [1.29, 1.82) is 0 Å². The normalized spacial score (nSPS) is 14.4. The molecule has 0 saturated heterocycles. The zero-order chi connectivity index (χ0) is 29.8. The van der Waals surface area contributed by atoms with Gasteiger partial charge in [-0.25, -0.2) is 19.6 Å². The number of fused-ring (bicyclic) bond motifs is 1. The number of aliphatic carboxylic acids is 2. The van der Waals surface area contributed by atoms with E-state index in [1.807, 2.05) is 24.4 Å². The number of carboxylic acids is 2. The van der Waals surface area contributed by atoms with Gasteiger partial charge < -0.3 is 20.8 Å². The molecule has 4 N–H and O–H groups in total. The molecule has 14 heteroatoms. The second kappa shape index (κ2) is 14.8. The third kappa shape index (κ3) is 11.7. The van der Waals surface area contributed by atoms with E-state index in [4.69, 9.17) is 24.8 Å². The molecule has 3 aromatic rings. The van der Waals surface area contributed by atoms with Crippen LogP contribution in [0.25, 0.3) is 0 Å². The van der Waals surface area contributed by atoms with Gasteiger partial charge in [0.2, 0.25) is 5.95 Å². The van der Waals surface area contributed by atoms with Crippen LogP contribution < -0.4 is 10.6 Å². The van der Waals surface area contributed by atoms with Gasteiger partial charge in [0.15, 0.2) is 0 Å². The molecule has 4 rings (SSSR count). The summed E-state index contributed by atoms with van der Waals surface area (Å²) in [6, 6.07) is 21.4. The number of hydrogen-bond donors (Lipinski definition) is 4. The number of benzene rings is 2. The lowest BCUT2D eigenvalue weighted by Gasteiger charge is -2.25. The Morgan fingerprint density at radius 3 is 1.77 bits per heavy atom. The first-order valence-corrected chi connectivity index (χ1v) is 11.8. The Bertz CT molecular complexity index is 1200. The predicted molar refractivity (Wildman–Crippen MR) is 132 cm³/mol. The molecule has 0 amide bonds. The minimum atomic E-state index is -5.08. The van der Waals surface area contributed by atoms with Gasteiger partial charge in [-0.2, -0.15) is 26.3 Å². The van der Waals surface area contributed by atoms with E-state index >= 15 is 0 Å². The minimum Gasteiger partial charge on any atom is -0.475 e. The van der Waals surface area contributed by atoms with E-state index < -0.39 is 24.3 Å². The summed E-state index contributed by atoms with van der Waals surface area (Å²) in [6.07, 6.45) is -5.05. The molecule has 0 saturated carbocycles. The van der Waals surface area contributed by atoms with Crippen LogP contribution in [0.4, 0.5) is 32.3 Å². The van der Waals surface area contributed by atoms with E-state index in [2.05, 4.69) is 58.1 Å². The predicted octanol–water partition coefficient (Wildman–Crippen LogP) is 5.00. The number of nitrogens with one attached hydrogen (secondary N) is 2. The summed E-state index contributed by atoms with van der Waals surface area (Å²) in [4.78, 5) is 27.0. The lowest BCUT2D eigenvalue weighted by molar-refractivity contribution is -0.193. The molecule has 1 unspecified atom stereocenters. The Balaban J connectivity index is 0.000000333. The maximum absolute atomic E-state index is 10.6. The number of halogens is 6. The van der Waals surface area contributed by atoms with Gasteiger partial charge in [0, 0.05) is 31.0 Å². The van der Waals surface area contributed by atoms with Gasteiger partial charge in [0.25, 0.3) is 0 Å². The van der Waals surface area contributed by atoms with Gasteiger partial charge in [0.05, 0.1) is 0 Å². The number of carboxylic acid groups (broad SMARTS) is 2. The van der Waals surface area contributed by atoms with Gasteiger partial charge in [0.1, 0.15) is 0 Å². The fourth-order valence-corrected chi connectivity index (χ4v) is 3.40. The summed E-state index contributed by atoms with van der Waals surface area (Å²) in [6.45, 7) is 1.67. The fraction of sp³-hybridized carbons (Fsp3) is 0.308. The van der Waals surface area contributed by atoms with Crippen LogP contribution >= 0.6 is 0 Å². The molecule has 1 aliphatic carbocycles. The Kier molecular flexibility index (Phi) is 11.9. The number of anilines is 1. The number of carbonyl (C=O) groups is 2. The Morgan fingerprint density at radius 1 is 0.825 bits per heavy atom. The molecule has 0 spiro atoms. The number of hydrogen-bond acceptors (Lipinski definition) is 6. The van der Waals surface area contributed by atoms with Crippen LogP contribution in [0.5, 0.6) is 0 Å². The summed E-state index contributed by atoms with van der Waals surface area (Å²) in [5.41, 5.74) is 5.02. The van der Waals surface area contributed by atoms with Crippen molar-refractivity contribution in [2.75, 3.05) is 5.32 Å². The standard InChI is InChI=1S/C22H24N4.2C2HF3O2/c1-3-7-17(8-4-1)14-23-20-11-12-21-19(13-20)16-25-22(26-21)24-15-18-9-5-2-6-10-18;2*3-2(4,5)1(6)7/h1-10,16,20,23H,11-15H2,(H,24,25,26);2*(H,6,7). The van der Waals surface area contributed by atoms with Crippen molar-refractivity contribution < 1.29 is 46.1 Å². The first kappa shape index (κ1) is 32.0. The van der Waals surface area contributed by atoms with Crippen LogP contribution in [-0.4, -0.2) is 50.5 Å². The molecule has 1 aliphatic rings. The number of aromatic nitrogens is 2. The topological polar surface area (TPSA) is 124 Å². The van der Waals surface area contributed by atoms with Crippen LogP contribution in [0, 0.1) is 0 Å². The maximum Gasteiger partial charge on any atom is 0.490 e. The molecule has 0 aliphatic heterocycles. The van der Waals surface area contributed by atoms with E-state index in [0.717, 1.165) is 38.3 Å². The molecule has 0 fully saturated rings. The molecule has 0 bridgehead atoms. The second-order valence-corrected chi connectivity index (χ2v) is 8.42. The fourth-order valence-electron chi connectivity index (χ4n) is 3.40. The van der Waals surface area contributed by atoms with E-state index in [1.54, 1.807) is 0 Å². The number of aryl methyl sites for hydroxylation is 1. The van der Waals surface area contributed by atoms with E-state index in [-0.39, 0.29) is 0 Å². The van der Waals surface area contributed by atoms with Crippen molar-refractivity contribution in [2.45, 2.75) is 50.7 Å². The highest BCUT2D eigenvalue weighted by atomic mass is 19.4. The monoisotopic (exact) mass is 572 g/mol. The van der Waals surface area contributed by atoms with E-state index in [9.17, 15) is 26.3 Å². The molecule has 1 aromatic heterocycles. The maximum atomic E-state index is 10.6.